The van der Waals surface area contributed by atoms with Crippen LogP contribution in [0.25, 0.3) is 16.7 Å². The van der Waals surface area contributed by atoms with E-state index in [0.29, 0.717) is 30.6 Å². The normalized spacial score (nSPS) is 16.2. The zero-order valence-electron chi connectivity index (χ0n) is 21.0. The Morgan fingerprint density at radius 2 is 1.59 bits per heavy atom. The molecule has 3 aromatic carbocycles. The number of aliphatic hydroxyl groups is 1. The minimum absolute atomic E-state index is 0.0315. The molecule has 0 fully saturated rings. The first-order valence-electron chi connectivity index (χ1n) is 12.6. The average molecular weight is 509 g/mol. The van der Waals surface area contributed by atoms with Gasteiger partial charge < -0.3 is 14.6 Å². The van der Waals surface area contributed by atoms with Crippen LogP contribution < -0.4 is 4.74 Å². The number of hydrogen-bond donors (Lipinski definition) is 1. The third-order valence-electron chi connectivity index (χ3n) is 6.40. The van der Waals surface area contributed by atoms with E-state index in [1.54, 1.807) is 48.5 Å². The third kappa shape index (κ3) is 6.32. The van der Waals surface area contributed by atoms with E-state index in [0.717, 1.165) is 23.1 Å². The minimum atomic E-state index is -1.06. The summed E-state index contributed by atoms with van der Waals surface area (Å²) in [6.07, 6.45) is 4.57. The van der Waals surface area contributed by atoms with Gasteiger partial charge in [0, 0.05) is 17.7 Å². The molecule has 0 radical (unpaired) electrons. The Bertz CT molecular complexity index is 1260. The van der Waals surface area contributed by atoms with Gasteiger partial charge in [0.15, 0.2) is 11.6 Å². The summed E-state index contributed by atoms with van der Waals surface area (Å²) < 4.78 is 55.2. The number of halogens is 3. The van der Waals surface area contributed by atoms with Crippen LogP contribution in [-0.2, 0) is 11.3 Å². The summed E-state index contributed by atoms with van der Waals surface area (Å²) in [5, 5.41) is 10.1. The lowest BCUT2D eigenvalue weighted by Gasteiger charge is -2.18. The van der Waals surface area contributed by atoms with Crippen LogP contribution >= 0.6 is 0 Å². The van der Waals surface area contributed by atoms with E-state index < -0.39 is 17.7 Å². The molecule has 0 aliphatic heterocycles. The third-order valence-corrected chi connectivity index (χ3v) is 6.40. The fraction of sp³-hybridized carbons (Fsp3) is 0.290. The Morgan fingerprint density at radius 3 is 2.24 bits per heavy atom. The Labute approximate surface area is 215 Å². The summed E-state index contributed by atoms with van der Waals surface area (Å²) in [6, 6.07) is 16.8. The summed E-state index contributed by atoms with van der Waals surface area (Å²) in [7, 11) is 0. The van der Waals surface area contributed by atoms with Crippen molar-refractivity contribution >= 4 is 5.57 Å². The molecule has 194 valence electrons. The van der Waals surface area contributed by atoms with Gasteiger partial charge in [0.1, 0.15) is 12.4 Å². The van der Waals surface area contributed by atoms with Crippen LogP contribution in [0.15, 0.2) is 78.6 Å². The summed E-state index contributed by atoms with van der Waals surface area (Å²) >= 11 is 0. The fourth-order valence-corrected chi connectivity index (χ4v) is 4.37. The summed E-state index contributed by atoms with van der Waals surface area (Å²) in [4.78, 5) is 0. The van der Waals surface area contributed by atoms with Gasteiger partial charge in [-0.1, -0.05) is 68.0 Å². The van der Waals surface area contributed by atoms with Crippen LogP contribution in [0.2, 0.25) is 0 Å². The number of allylic oxidation sites excluding steroid dienone is 2. The molecule has 2 unspecified atom stereocenters. The standard InChI is InChI=1S/C31H31F3O3/c1-3-5-28(35)23-12-10-22(11-13-23)26-16-17-29(31(34)30(26)33)37-19-20-6-8-21(9-7-20)25-15-14-24(36-4-2)18-27(25)32/h6-13,15-18,24,28,35H,3-5,14,19H2,1-2H3. The van der Waals surface area contributed by atoms with Crippen molar-refractivity contribution in [2.45, 2.75) is 51.9 Å². The number of benzene rings is 3. The molecule has 0 aromatic heterocycles. The summed E-state index contributed by atoms with van der Waals surface area (Å²) in [5.74, 6) is -2.57. The first-order valence-corrected chi connectivity index (χ1v) is 12.6. The van der Waals surface area contributed by atoms with Crippen LogP contribution in [0.5, 0.6) is 5.75 Å². The highest BCUT2D eigenvalue weighted by atomic mass is 19.2. The van der Waals surface area contributed by atoms with E-state index in [1.807, 2.05) is 19.9 Å². The second-order valence-corrected chi connectivity index (χ2v) is 9.01. The van der Waals surface area contributed by atoms with E-state index in [1.165, 1.54) is 18.2 Å². The molecule has 1 aliphatic rings. The molecule has 3 aromatic rings. The van der Waals surface area contributed by atoms with Crippen molar-refractivity contribution in [1.82, 2.24) is 0 Å². The molecule has 37 heavy (non-hydrogen) atoms. The Hall–Kier alpha value is -3.35. The highest BCUT2D eigenvalue weighted by Crippen LogP contribution is 2.33. The Morgan fingerprint density at radius 1 is 0.892 bits per heavy atom. The Balaban J connectivity index is 1.41. The van der Waals surface area contributed by atoms with Crippen LogP contribution in [0.4, 0.5) is 13.2 Å². The molecule has 0 saturated heterocycles. The van der Waals surface area contributed by atoms with Crippen LogP contribution in [0, 0.1) is 11.6 Å². The monoisotopic (exact) mass is 508 g/mol. The number of rotatable bonds is 10. The van der Waals surface area contributed by atoms with Gasteiger partial charge in [0.05, 0.1) is 12.2 Å². The van der Waals surface area contributed by atoms with E-state index in [4.69, 9.17) is 9.47 Å². The smallest absolute Gasteiger partial charge is 0.201 e. The molecule has 1 aliphatic carbocycles. The lowest BCUT2D eigenvalue weighted by atomic mass is 9.96. The predicted octanol–water partition coefficient (Wildman–Crippen LogP) is 8.09. The maximum Gasteiger partial charge on any atom is 0.201 e. The van der Waals surface area contributed by atoms with Crippen molar-refractivity contribution < 1.29 is 27.8 Å². The van der Waals surface area contributed by atoms with E-state index >= 15 is 0 Å². The molecule has 0 bridgehead atoms. The number of hydrogen-bond acceptors (Lipinski definition) is 3. The van der Waals surface area contributed by atoms with Crippen molar-refractivity contribution in [3.63, 3.8) is 0 Å². The lowest BCUT2D eigenvalue weighted by molar-refractivity contribution is 0.0964. The van der Waals surface area contributed by atoms with Crippen LogP contribution in [-0.4, -0.2) is 17.8 Å². The van der Waals surface area contributed by atoms with Crippen LogP contribution in [0.1, 0.15) is 55.9 Å². The molecule has 0 heterocycles. The van der Waals surface area contributed by atoms with Gasteiger partial charge >= 0.3 is 0 Å². The zero-order chi connectivity index (χ0) is 26.4. The van der Waals surface area contributed by atoms with Crippen molar-refractivity contribution in [2.75, 3.05) is 6.61 Å². The SMILES string of the molecule is CCCC(O)c1ccc(-c2ccc(OCc3ccc(C4=CCC(OCC)C=C4F)cc3)c(F)c2F)cc1. The molecule has 6 heteroatoms. The largest absolute Gasteiger partial charge is 0.486 e. The fourth-order valence-electron chi connectivity index (χ4n) is 4.37. The second-order valence-electron chi connectivity index (χ2n) is 9.01. The van der Waals surface area contributed by atoms with E-state index in [9.17, 15) is 18.3 Å². The van der Waals surface area contributed by atoms with E-state index in [-0.39, 0.29) is 29.9 Å². The quantitative estimate of drug-likeness (QED) is 0.301. The Kier molecular flexibility index (Phi) is 8.85. The summed E-state index contributed by atoms with van der Waals surface area (Å²) in [5.41, 5.74) is 3.35. The summed E-state index contributed by atoms with van der Waals surface area (Å²) in [6.45, 7) is 4.42. The van der Waals surface area contributed by atoms with E-state index in [2.05, 4.69) is 0 Å². The molecule has 0 spiro atoms. The molecule has 4 rings (SSSR count). The lowest BCUT2D eigenvalue weighted by Crippen LogP contribution is -2.12. The first-order chi connectivity index (χ1) is 17.9. The van der Waals surface area contributed by atoms with Gasteiger partial charge in [-0.2, -0.15) is 4.39 Å². The molecule has 0 amide bonds. The van der Waals surface area contributed by atoms with Gasteiger partial charge in [-0.05, 0) is 60.2 Å². The molecule has 2 atom stereocenters. The van der Waals surface area contributed by atoms with Gasteiger partial charge in [-0.25, -0.2) is 8.78 Å². The maximum atomic E-state index is 14.9. The zero-order valence-corrected chi connectivity index (χ0v) is 21.0. The maximum absolute atomic E-state index is 14.9. The van der Waals surface area contributed by atoms with Gasteiger partial charge in [-0.15, -0.1) is 0 Å². The highest BCUT2D eigenvalue weighted by molar-refractivity contribution is 5.78. The average Bonchev–Trinajstić information content (AvgIpc) is 2.90. The topological polar surface area (TPSA) is 38.7 Å². The molecular formula is C31H31F3O3. The predicted molar refractivity (Wildman–Crippen MR) is 140 cm³/mol. The van der Waals surface area contributed by atoms with Gasteiger partial charge in [0.25, 0.3) is 0 Å². The van der Waals surface area contributed by atoms with Crippen molar-refractivity contribution in [3.05, 3.63) is 107 Å². The van der Waals surface area contributed by atoms with Crippen molar-refractivity contribution in [3.8, 4) is 16.9 Å². The van der Waals surface area contributed by atoms with Gasteiger partial charge in [-0.3, -0.25) is 0 Å². The second kappa shape index (κ2) is 12.3. The minimum Gasteiger partial charge on any atom is -0.486 e. The molecular weight excluding hydrogens is 477 g/mol. The highest BCUT2D eigenvalue weighted by Gasteiger charge is 2.18. The number of ether oxygens (including phenoxy) is 2. The molecule has 3 nitrogen and oxygen atoms in total. The van der Waals surface area contributed by atoms with Crippen molar-refractivity contribution in [2.24, 2.45) is 0 Å². The van der Waals surface area contributed by atoms with Gasteiger partial charge in [0.2, 0.25) is 5.82 Å². The molecule has 0 saturated carbocycles. The number of aliphatic hydroxyl groups excluding tert-OH is 1. The van der Waals surface area contributed by atoms with Crippen molar-refractivity contribution in [1.29, 1.82) is 0 Å². The first kappa shape index (κ1) is 26.7. The molecule has 1 N–H and O–H groups in total. The van der Waals surface area contributed by atoms with Crippen LogP contribution in [0.3, 0.4) is 0 Å².